The van der Waals surface area contributed by atoms with Crippen LogP contribution in [0.1, 0.15) is 33.9 Å². The lowest BCUT2D eigenvalue weighted by Gasteiger charge is -2.22. The molecule has 138 valence electrons. The number of amides is 1. The van der Waals surface area contributed by atoms with E-state index < -0.39 is 0 Å². The van der Waals surface area contributed by atoms with Crippen LogP contribution in [0.2, 0.25) is 0 Å². The van der Waals surface area contributed by atoms with Gasteiger partial charge in [-0.05, 0) is 56.8 Å². The Bertz CT molecular complexity index is 762. The molecular weight excluding hydrogens is 362 g/mol. The maximum absolute atomic E-state index is 13.2. The molecule has 1 amide bonds. The molecule has 0 bridgehead atoms. The lowest BCUT2D eigenvalue weighted by Crippen LogP contribution is -2.33. The van der Waals surface area contributed by atoms with Gasteiger partial charge < -0.3 is 10.2 Å². The number of nitrogens with zero attached hydrogens (tertiary/aromatic N) is 2. The molecular formula is C20H25N3OS2. The number of carbonyl (C=O) groups excluding carboxylic acids is 1. The summed E-state index contributed by atoms with van der Waals surface area (Å²) in [5, 5.41) is 6.70. The van der Waals surface area contributed by atoms with Gasteiger partial charge in [-0.25, -0.2) is 4.98 Å². The molecule has 6 heteroatoms. The number of nitrogens with one attached hydrogen (secondary N) is 1. The third-order valence-electron chi connectivity index (χ3n) is 5.47. The van der Waals surface area contributed by atoms with Gasteiger partial charge in [0.2, 0.25) is 0 Å². The number of hydrogen-bond acceptors (Lipinski definition) is 5. The Morgan fingerprint density at radius 3 is 2.69 bits per heavy atom. The van der Waals surface area contributed by atoms with Gasteiger partial charge in [-0.3, -0.25) is 4.79 Å². The lowest BCUT2D eigenvalue weighted by molar-refractivity contribution is 0.0755. The summed E-state index contributed by atoms with van der Waals surface area (Å²) < 4.78 is 0. The van der Waals surface area contributed by atoms with Gasteiger partial charge in [-0.15, -0.1) is 23.1 Å². The highest BCUT2D eigenvalue weighted by atomic mass is 32.2. The van der Waals surface area contributed by atoms with Crippen LogP contribution in [0.4, 0.5) is 0 Å². The quantitative estimate of drug-likeness (QED) is 0.810. The lowest BCUT2D eigenvalue weighted by atomic mass is 9.92. The van der Waals surface area contributed by atoms with Crippen molar-refractivity contribution in [3.05, 3.63) is 45.9 Å². The number of aromatic nitrogens is 1. The van der Waals surface area contributed by atoms with Crippen molar-refractivity contribution in [2.45, 2.75) is 30.4 Å². The average Bonchev–Trinajstić information content (AvgIpc) is 3.24. The molecule has 0 spiro atoms. The van der Waals surface area contributed by atoms with Crippen molar-refractivity contribution >= 4 is 29.0 Å². The molecule has 1 aromatic carbocycles. The predicted molar refractivity (Wildman–Crippen MR) is 108 cm³/mol. The maximum atomic E-state index is 13.2. The number of aryl methyl sites for hydroxylation is 1. The first-order valence-electron chi connectivity index (χ1n) is 9.33. The van der Waals surface area contributed by atoms with E-state index in [1.165, 1.54) is 0 Å². The second-order valence-corrected chi connectivity index (χ2v) is 9.27. The van der Waals surface area contributed by atoms with Crippen LogP contribution in [0.3, 0.4) is 0 Å². The van der Waals surface area contributed by atoms with Crippen molar-refractivity contribution in [1.82, 2.24) is 15.2 Å². The highest BCUT2D eigenvalue weighted by molar-refractivity contribution is 7.98. The Kier molecular flexibility index (Phi) is 5.62. The first-order valence-corrected chi connectivity index (χ1v) is 11.2. The molecule has 2 aliphatic heterocycles. The van der Waals surface area contributed by atoms with Crippen molar-refractivity contribution in [3.63, 3.8) is 0 Å². The van der Waals surface area contributed by atoms with E-state index in [4.69, 9.17) is 0 Å². The molecule has 4 rings (SSSR count). The third kappa shape index (κ3) is 3.97. The first-order chi connectivity index (χ1) is 12.7. The topological polar surface area (TPSA) is 45.2 Å². The van der Waals surface area contributed by atoms with E-state index in [1.807, 2.05) is 25.1 Å². The molecule has 0 aliphatic carbocycles. The monoisotopic (exact) mass is 387 g/mol. The van der Waals surface area contributed by atoms with Crippen LogP contribution in [0, 0.1) is 18.8 Å². The summed E-state index contributed by atoms with van der Waals surface area (Å²) >= 11 is 3.39. The fourth-order valence-corrected chi connectivity index (χ4v) is 5.64. The van der Waals surface area contributed by atoms with Gasteiger partial charge in [0, 0.05) is 29.1 Å². The van der Waals surface area contributed by atoms with Crippen LogP contribution in [-0.2, 0) is 5.75 Å². The van der Waals surface area contributed by atoms with E-state index in [0.717, 1.165) is 77.8 Å². The molecule has 2 saturated heterocycles. The van der Waals surface area contributed by atoms with E-state index >= 15 is 0 Å². The largest absolute Gasteiger partial charge is 0.339 e. The van der Waals surface area contributed by atoms with Gasteiger partial charge >= 0.3 is 0 Å². The molecule has 0 unspecified atom stereocenters. The minimum atomic E-state index is 0.190. The fraction of sp³-hybridized carbons (Fsp3) is 0.500. The second kappa shape index (κ2) is 8.11. The Morgan fingerprint density at radius 1 is 1.27 bits per heavy atom. The maximum Gasteiger partial charge on any atom is 0.254 e. The summed E-state index contributed by atoms with van der Waals surface area (Å²) in [4.78, 5) is 20.9. The number of likely N-dealkylation sites (tertiary alicyclic amines) is 1. The van der Waals surface area contributed by atoms with E-state index in [1.54, 1.807) is 23.1 Å². The minimum absolute atomic E-state index is 0.190. The molecule has 0 radical (unpaired) electrons. The number of benzene rings is 1. The molecule has 3 heterocycles. The van der Waals surface area contributed by atoms with E-state index in [2.05, 4.69) is 26.6 Å². The SMILES string of the molecule is Cc1nc(CSc2ccccc2C(=O)N2CC[C@@H]3CNC[C@@H]3CC2)cs1. The molecule has 0 saturated carbocycles. The van der Waals surface area contributed by atoms with Crippen LogP contribution in [0.5, 0.6) is 0 Å². The van der Waals surface area contributed by atoms with Crippen LogP contribution >= 0.6 is 23.1 Å². The van der Waals surface area contributed by atoms with E-state index in [9.17, 15) is 4.79 Å². The molecule has 2 atom stereocenters. The molecule has 2 fully saturated rings. The second-order valence-electron chi connectivity index (χ2n) is 7.19. The number of thiazole rings is 1. The zero-order chi connectivity index (χ0) is 17.9. The van der Waals surface area contributed by atoms with Crippen molar-refractivity contribution in [2.24, 2.45) is 11.8 Å². The minimum Gasteiger partial charge on any atom is -0.339 e. The highest BCUT2D eigenvalue weighted by Gasteiger charge is 2.32. The Labute approximate surface area is 163 Å². The van der Waals surface area contributed by atoms with E-state index in [0.29, 0.717) is 0 Å². The smallest absolute Gasteiger partial charge is 0.254 e. The molecule has 4 nitrogen and oxygen atoms in total. The molecule has 1 aromatic heterocycles. The first kappa shape index (κ1) is 18.0. The van der Waals surface area contributed by atoms with Crippen molar-refractivity contribution < 1.29 is 4.79 Å². The van der Waals surface area contributed by atoms with E-state index in [-0.39, 0.29) is 5.91 Å². The number of hydrogen-bond donors (Lipinski definition) is 1. The standard InChI is InChI=1S/C20H25N3OS2/c1-14-22-17(12-25-14)13-26-19-5-3-2-4-18(19)20(24)23-8-6-15-10-21-11-16(15)7-9-23/h2-5,12,15-16,21H,6-11,13H2,1H3/t15-,16+. The molecule has 2 aromatic rings. The fourth-order valence-electron chi connectivity index (χ4n) is 3.99. The van der Waals surface area contributed by atoms with Gasteiger partial charge in [-0.1, -0.05) is 12.1 Å². The zero-order valence-corrected chi connectivity index (χ0v) is 16.7. The number of carbonyl (C=O) groups is 1. The Hall–Kier alpha value is -1.37. The van der Waals surface area contributed by atoms with Gasteiger partial charge in [0.1, 0.15) is 0 Å². The van der Waals surface area contributed by atoms with Gasteiger partial charge in [0.25, 0.3) is 5.91 Å². The molecule has 26 heavy (non-hydrogen) atoms. The van der Waals surface area contributed by atoms with Gasteiger partial charge in [0.15, 0.2) is 0 Å². The van der Waals surface area contributed by atoms with Crippen LogP contribution in [0.25, 0.3) is 0 Å². The summed E-state index contributed by atoms with van der Waals surface area (Å²) in [6.07, 6.45) is 2.24. The van der Waals surface area contributed by atoms with Crippen molar-refractivity contribution in [3.8, 4) is 0 Å². The van der Waals surface area contributed by atoms with Crippen LogP contribution < -0.4 is 5.32 Å². The number of rotatable bonds is 4. The van der Waals surface area contributed by atoms with Gasteiger partial charge in [0.05, 0.1) is 16.3 Å². The third-order valence-corrected chi connectivity index (χ3v) is 7.40. The summed E-state index contributed by atoms with van der Waals surface area (Å²) in [6, 6.07) is 8.03. The molecule has 1 N–H and O–H groups in total. The molecule has 2 aliphatic rings. The summed E-state index contributed by atoms with van der Waals surface area (Å²) in [5.41, 5.74) is 1.93. The average molecular weight is 388 g/mol. The normalized spacial score (nSPS) is 22.9. The number of fused-ring (bicyclic) bond motifs is 1. The Balaban J connectivity index is 1.45. The Morgan fingerprint density at radius 2 is 2.00 bits per heavy atom. The predicted octanol–water partition coefficient (Wildman–Crippen LogP) is 3.82. The summed E-state index contributed by atoms with van der Waals surface area (Å²) in [7, 11) is 0. The van der Waals surface area contributed by atoms with Crippen molar-refractivity contribution in [1.29, 1.82) is 0 Å². The summed E-state index contributed by atoms with van der Waals surface area (Å²) in [6.45, 7) is 6.02. The van der Waals surface area contributed by atoms with Crippen LogP contribution in [-0.4, -0.2) is 42.0 Å². The van der Waals surface area contributed by atoms with Gasteiger partial charge in [-0.2, -0.15) is 0 Å². The zero-order valence-electron chi connectivity index (χ0n) is 15.1. The van der Waals surface area contributed by atoms with Crippen molar-refractivity contribution in [2.75, 3.05) is 26.2 Å². The van der Waals surface area contributed by atoms with Crippen LogP contribution in [0.15, 0.2) is 34.5 Å². The summed E-state index contributed by atoms with van der Waals surface area (Å²) in [5.74, 6) is 2.48. The highest BCUT2D eigenvalue weighted by Crippen LogP contribution is 2.30. The number of thioether (sulfide) groups is 1.